The van der Waals surface area contributed by atoms with Crippen LogP contribution in [0.3, 0.4) is 0 Å². The molecule has 1 aliphatic rings. The Kier molecular flexibility index (Phi) is 3.03. The van der Waals surface area contributed by atoms with Gasteiger partial charge in [0.25, 0.3) is 0 Å². The van der Waals surface area contributed by atoms with Crippen LogP contribution in [0.25, 0.3) is 0 Å². The molecule has 3 heteroatoms. The van der Waals surface area contributed by atoms with Crippen molar-refractivity contribution in [3.63, 3.8) is 0 Å². The Morgan fingerprint density at radius 3 is 2.73 bits per heavy atom. The molecule has 0 radical (unpaired) electrons. The molecule has 0 aromatic heterocycles. The van der Waals surface area contributed by atoms with E-state index >= 15 is 0 Å². The number of rotatable bonds is 5. The van der Waals surface area contributed by atoms with Crippen molar-refractivity contribution in [2.45, 2.75) is 24.8 Å². The standard InChI is InChI=1S/C12H17FN2/c13-11-4-2-1-3-10(11)5-8-15-9-12(14)6-7-12/h1-4,15H,5-9,14H2. The first-order chi connectivity index (χ1) is 7.20. The van der Waals surface area contributed by atoms with Crippen LogP contribution in [0.1, 0.15) is 18.4 Å². The summed E-state index contributed by atoms with van der Waals surface area (Å²) in [6.45, 7) is 1.64. The number of nitrogens with one attached hydrogen (secondary N) is 1. The number of benzene rings is 1. The van der Waals surface area contributed by atoms with Crippen LogP contribution in [-0.4, -0.2) is 18.6 Å². The van der Waals surface area contributed by atoms with Crippen LogP contribution in [0.4, 0.5) is 4.39 Å². The summed E-state index contributed by atoms with van der Waals surface area (Å²) in [5.41, 5.74) is 6.73. The highest BCUT2D eigenvalue weighted by Crippen LogP contribution is 2.30. The van der Waals surface area contributed by atoms with Crippen LogP contribution in [0.5, 0.6) is 0 Å². The molecular weight excluding hydrogens is 191 g/mol. The molecule has 0 amide bonds. The van der Waals surface area contributed by atoms with E-state index in [1.165, 1.54) is 6.07 Å². The molecule has 1 aromatic rings. The summed E-state index contributed by atoms with van der Waals surface area (Å²) in [4.78, 5) is 0. The smallest absolute Gasteiger partial charge is 0.126 e. The molecule has 1 aliphatic carbocycles. The minimum absolute atomic E-state index is 0.0369. The number of hydrogen-bond donors (Lipinski definition) is 2. The Labute approximate surface area is 89.7 Å². The van der Waals surface area contributed by atoms with Crippen molar-refractivity contribution in [3.8, 4) is 0 Å². The van der Waals surface area contributed by atoms with Gasteiger partial charge in [-0.2, -0.15) is 0 Å². The molecule has 0 heterocycles. The fraction of sp³-hybridized carbons (Fsp3) is 0.500. The molecule has 0 aliphatic heterocycles. The Bertz CT molecular complexity index is 334. The lowest BCUT2D eigenvalue weighted by molar-refractivity contribution is 0.559. The third-order valence-electron chi connectivity index (χ3n) is 2.90. The first kappa shape index (κ1) is 10.6. The van der Waals surface area contributed by atoms with Gasteiger partial charge in [0, 0.05) is 12.1 Å². The number of hydrogen-bond acceptors (Lipinski definition) is 2. The third-order valence-corrected chi connectivity index (χ3v) is 2.90. The molecule has 1 saturated carbocycles. The molecule has 0 unspecified atom stereocenters. The van der Waals surface area contributed by atoms with Gasteiger partial charge in [-0.05, 0) is 37.4 Å². The summed E-state index contributed by atoms with van der Waals surface area (Å²) in [5.74, 6) is -0.117. The van der Waals surface area contributed by atoms with Gasteiger partial charge in [0.2, 0.25) is 0 Å². The zero-order valence-electron chi connectivity index (χ0n) is 8.80. The lowest BCUT2D eigenvalue weighted by Gasteiger charge is -2.10. The predicted octanol–water partition coefficient (Wildman–Crippen LogP) is 1.45. The van der Waals surface area contributed by atoms with Crippen molar-refractivity contribution in [2.75, 3.05) is 13.1 Å². The highest BCUT2D eigenvalue weighted by molar-refractivity contribution is 5.17. The van der Waals surface area contributed by atoms with Crippen molar-refractivity contribution >= 4 is 0 Å². The molecule has 0 saturated heterocycles. The lowest BCUT2D eigenvalue weighted by Crippen LogP contribution is -2.36. The predicted molar refractivity (Wildman–Crippen MR) is 59.1 cm³/mol. The molecule has 1 aromatic carbocycles. The molecule has 1 fully saturated rings. The minimum Gasteiger partial charge on any atom is -0.324 e. The van der Waals surface area contributed by atoms with Crippen molar-refractivity contribution in [1.82, 2.24) is 5.32 Å². The summed E-state index contributed by atoms with van der Waals surface area (Å²) in [6, 6.07) is 6.90. The fourth-order valence-electron chi connectivity index (χ4n) is 1.60. The highest BCUT2D eigenvalue weighted by Gasteiger charge is 2.37. The van der Waals surface area contributed by atoms with Crippen molar-refractivity contribution in [2.24, 2.45) is 5.73 Å². The largest absolute Gasteiger partial charge is 0.324 e. The quantitative estimate of drug-likeness (QED) is 0.719. The summed E-state index contributed by atoms with van der Waals surface area (Å²) in [5, 5.41) is 3.27. The van der Waals surface area contributed by atoms with Gasteiger partial charge in [-0.3, -0.25) is 0 Å². The molecule has 2 rings (SSSR count). The van der Waals surface area contributed by atoms with Crippen LogP contribution >= 0.6 is 0 Å². The monoisotopic (exact) mass is 208 g/mol. The Hall–Kier alpha value is -0.930. The average molecular weight is 208 g/mol. The SMILES string of the molecule is NC1(CNCCc2ccccc2F)CC1. The van der Waals surface area contributed by atoms with E-state index in [1.807, 2.05) is 12.1 Å². The topological polar surface area (TPSA) is 38.0 Å². The minimum atomic E-state index is -0.117. The molecule has 0 spiro atoms. The Balaban J connectivity index is 1.71. The van der Waals surface area contributed by atoms with E-state index in [2.05, 4.69) is 5.32 Å². The summed E-state index contributed by atoms with van der Waals surface area (Å²) in [6.07, 6.45) is 2.95. The maximum atomic E-state index is 13.2. The van der Waals surface area contributed by atoms with Gasteiger partial charge in [0.15, 0.2) is 0 Å². The van der Waals surface area contributed by atoms with E-state index in [0.29, 0.717) is 0 Å². The number of halogens is 1. The van der Waals surface area contributed by atoms with E-state index in [9.17, 15) is 4.39 Å². The second-order valence-electron chi connectivity index (χ2n) is 4.38. The molecule has 15 heavy (non-hydrogen) atoms. The van der Waals surface area contributed by atoms with Crippen molar-refractivity contribution in [3.05, 3.63) is 35.6 Å². The maximum Gasteiger partial charge on any atom is 0.126 e. The van der Waals surface area contributed by atoms with Crippen molar-refractivity contribution < 1.29 is 4.39 Å². The Morgan fingerprint density at radius 1 is 1.33 bits per heavy atom. The second kappa shape index (κ2) is 4.29. The van der Waals surface area contributed by atoms with Gasteiger partial charge in [0.1, 0.15) is 5.82 Å². The first-order valence-electron chi connectivity index (χ1n) is 5.43. The van der Waals surface area contributed by atoms with Gasteiger partial charge >= 0.3 is 0 Å². The van der Waals surface area contributed by atoms with Crippen molar-refractivity contribution in [1.29, 1.82) is 0 Å². The molecule has 0 bridgehead atoms. The normalized spacial score (nSPS) is 17.7. The van der Waals surface area contributed by atoms with Gasteiger partial charge < -0.3 is 11.1 Å². The molecular formula is C12H17FN2. The lowest BCUT2D eigenvalue weighted by atomic mass is 10.1. The second-order valence-corrected chi connectivity index (χ2v) is 4.38. The molecule has 82 valence electrons. The average Bonchev–Trinajstić information content (AvgIpc) is 2.94. The number of nitrogens with two attached hydrogens (primary N) is 1. The van der Waals surface area contributed by atoms with Gasteiger partial charge in [0.05, 0.1) is 0 Å². The zero-order valence-corrected chi connectivity index (χ0v) is 8.80. The van der Waals surface area contributed by atoms with Crippen LogP contribution in [0.2, 0.25) is 0 Å². The van der Waals surface area contributed by atoms with Crippen LogP contribution < -0.4 is 11.1 Å². The highest BCUT2D eigenvalue weighted by atomic mass is 19.1. The molecule has 0 atom stereocenters. The molecule has 3 N–H and O–H groups in total. The van der Waals surface area contributed by atoms with E-state index in [0.717, 1.165) is 37.9 Å². The zero-order chi connectivity index (χ0) is 10.7. The van der Waals surface area contributed by atoms with Gasteiger partial charge in [-0.15, -0.1) is 0 Å². The van der Waals surface area contributed by atoms with Crippen LogP contribution in [0.15, 0.2) is 24.3 Å². The Morgan fingerprint density at radius 2 is 2.07 bits per heavy atom. The van der Waals surface area contributed by atoms with Crippen LogP contribution in [0, 0.1) is 5.82 Å². The van der Waals surface area contributed by atoms with E-state index in [4.69, 9.17) is 5.73 Å². The summed E-state index contributed by atoms with van der Waals surface area (Å²) >= 11 is 0. The third kappa shape index (κ3) is 3.01. The van der Waals surface area contributed by atoms with E-state index in [1.54, 1.807) is 6.07 Å². The maximum absolute atomic E-state index is 13.2. The molecule has 2 nitrogen and oxygen atoms in total. The fourth-order valence-corrected chi connectivity index (χ4v) is 1.60. The van der Waals surface area contributed by atoms with E-state index in [-0.39, 0.29) is 11.4 Å². The summed E-state index contributed by atoms with van der Waals surface area (Å²) in [7, 11) is 0. The first-order valence-corrected chi connectivity index (χ1v) is 5.43. The van der Waals surface area contributed by atoms with Crippen LogP contribution in [-0.2, 0) is 6.42 Å². The van der Waals surface area contributed by atoms with Gasteiger partial charge in [-0.1, -0.05) is 18.2 Å². The van der Waals surface area contributed by atoms with Gasteiger partial charge in [-0.25, -0.2) is 4.39 Å². The van der Waals surface area contributed by atoms with E-state index < -0.39 is 0 Å². The summed E-state index contributed by atoms with van der Waals surface area (Å²) < 4.78 is 13.2.